The molecule has 1 saturated heterocycles. The second-order valence-electron chi connectivity index (χ2n) is 5.37. The number of likely N-dealkylation sites (tertiary alicyclic amines) is 1. The number of β-amino-alcohol motifs (C(OH)–C–C–N with tert-alkyl or cyclic N) is 1. The molecule has 110 valence electrons. The summed E-state index contributed by atoms with van der Waals surface area (Å²) in [6.45, 7) is 2.30. The molecule has 1 aromatic carbocycles. The molecule has 1 atom stereocenters. The second-order valence-corrected chi connectivity index (χ2v) is 5.37. The minimum Gasteiger partial charge on any atom is -0.399 e. The van der Waals surface area contributed by atoms with Gasteiger partial charge in [-0.2, -0.15) is 0 Å². The summed E-state index contributed by atoms with van der Waals surface area (Å²) in [7, 11) is 1.68. The van der Waals surface area contributed by atoms with E-state index in [-0.39, 0.29) is 11.8 Å². The van der Waals surface area contributed by atoms with Gasteiger partial charge in [-0.05, 0) is 43.6 Å². The molecule has 1 aliphatic heterocycles. The van der Waals surface area contributed by atoms with Gasteiger partial charge >= 0.3 is 0 Å². The van der Waals surface area contributed by atoms with E-state index in [2.05, 4.69) is 10.2 Å². The molecule has 1 unspecified atom stereocenters. The van der Waals surface area contributed by atoms with Crippen LogP contribution in [-0.4, -0.2) is 42.6 Å². The summed E-state index contributed by atoms with van der Waals surface area (Å²) in [6, 6.07) is 7.32. The molecule has 0 spiro atoms. The summed E-state index contributed by atoms with van der Waals surface area (Å²) in [5.74, 6) is 0.244. The maximum absolute atomic E-state index is 11.6. The highest BCUT2D eigenvalue weighted by Gasteiger charge is 2.25. The lowest BCUT2D eigenvalue weighted by molar-refractivity contribution is -0.126. The Labute approximate surface area is 119 Å². The Morgan fingerprint density at radius 2 is 2.00 bits per heavy atom. The summed E-state index contributed by atoms with van der Waals surface area (Å²) in [5.41, 5.74) is 7.22. The van der Waals surface area contributed by atoms with Gasteiger partial charge in [-0.1, -0.05) is 12.1 Å². The fourth-order valence-electron chi connectivity index (χ4n) is 2.65. The van der Waals surface area contributed by atoms with Crippen LogP contribution in [0.2, 0.25) is 0 Å². The SMILES string of the molecule is CNC(=O)C1CCN(CC(O)c2ccc(N)cc2)CC1. The Kier molecular flexibility index (Phi) is 4.98. The predicted octanol–water partition coefficient (Wildman–Crippen LogP) is 0.760. The van der Waals surface area contributed by atoms with Gasteiger partial charge in [0.05, 0.1) is 6.10 Å². The molecular formula is C15H23N3O2. The molecule has 2 rings (SSSR count). The van der Waals surface area contributed by atoms with Crippen LogP contribution in [0, 0.1) is 5.92 Å². The highest BCUT2D eigenvalue weighted by molar-refractivity contribution is 5.78. The molecule has 0 saturated carbocycles. The van der Waals surface area contributed by atoms with Crippen molar-refractivity contribution in [2.45, 2.75) is 18.9 Å². The molecule has 20 heavy (non-hydrogen) atoms. The largest absolute Gasteiger partial charge is 0.399 e. The third-order valence-electron chi connectivity index (χ3n) is 3.96. The number of nitrogen functional groups attached to an aromatic ring is 1. The Hall–Kier alpha value is -1.59. The number of carbonyl (C=O) groups is 1. The second kappa shape index (κ2) is 6.72. The fraction of sp³-hybridized carbons (Fsp3) is 0.533. The minimum absolute atomic E-state index is 0.116. The minimum atomic E-state index is -0.507. The first kappa shape index (κ1) is 14.8. The lowest BCUT2D eigenvalue weighted by Crippen LogP contribution is -2.41. The van der Waals surface area contributed by atoms with Crippen molar-refractivity contribution in [1.82, 2.24) is 10.2 Å². The van der Waals surface area contributed by atoms with Crippen LogP contribution in [0.3, 0.4) is 0 Å². The van der Waals surface area contributed by atoms with E-state index < -0.39 is 6.10 Å². The third-order valence-corrected chi connectivity index (χ3v) is 3.96. The zero-order chi connectivity index (χ0) is 14.5. The lowest BCUT2D eigenvalue weighted by Gasteiger charge is -2.32. The van der Waals surface area contributed by atoms with Gasteiger partial charge in [-0.3, -0.25) is 4.79 Å². The first-order valence-corrected chi connectivity index (χ1v) is 7.07. The summed E-state index contributed by atoms with van der Waals surface area (Å²) in [4.78, 5) is 13.8. The van der Waals surface area contributed by atoms with E-state index in [1.807, 2.05) is 12.1 Å². The van der Waals surface area contributed by atoms with Crippen molar-refractivity contribution >= 4 is 11.6 Å². The molecule has 1 fully saturated rings. The van der Waals surface area contributed by atoms with Crippen LogP contribution >= 0.6 is 0 Å². The van der Waals surface area contributed by atoms with Gasteiger partial charge in [0, 0.05) is 25.2 Å². The van der Waals surface area contributed by atoms with Crippen molar-refractivity contribution in [3.63, 3.8) is 0 Å². The van der Waals surface area contributed by atoms with Crippen LogP contribution in [0.4, 0.5) is 5.69 Å². The number of benzene rings is 1. The Morgan fingerprint density at radius 3 is 2.55 bits per heavy atom. The van der Waals surface area contributed by atoms with Crippen molar-refractivity contribution in [1.29, 1.82) is 0 Å². The number of rotatable bonds is 4. The summed E-state index contributed by atoms with van der Waals surface area (Å²) < 4.78 is 0. The molecular weight excluding hydrogens is 254 g/mol. The van der Waals surface area contributed by atoms with Crippen molar-refractivity contribution in [2.75, 3.05) is 32.4 Å². The van der Waals surface area contributed by atoms with Crippen LogP contribution in [0.15, 0.2) is 24.3 Å². The molecule has 1 aromatic rings. The number of piperidine rings is 1. The van der Waals surface area contributed by atoms with Crippen LogP contribution < -0.4 is 11.1 Å². The number of hydrogen-bond acceptors (Lipinski definition) is 4. The van der Waals surface area contributed by atoms with Gasteiger partial charge in [-0.25, -0.2) is 0 Å². The molecule has 0 radical (unpaired) electrons. The fourth-order valence-corrected chi connectivity index (χ4v) is 2.65. The maximum Gasteiger partial charge on any atom is 0.222 e. The lowest BCUT2D eigenvalue weighted by atomic mass is 9.95. The van der Waals surface area contributed by atoms with E-state index in [1.54, 1.807) is 19.2 Å². The quantitative estimate of drug-likeness (QED) is 0.710. The predicted molar refractivity (Wildman–Crippen MR) is 79.0 cm³/mol. The van der Waals surface area contributed by atoms with Gasteiger partial charge in [0.25, 0.3) is 0 Å². The van der Waals surface area contributed by atoms with Gasteiger partial charge < -0.3 is 21.1 Å². The van der Waals surface area contributed by atoms with E-state index in [0.29, 0.717) is 12.2 Å². The average Bonchev–Trinajstić information content (AvgIpc) is 2.48. The van der Waals surface area contributed by atoms with Crippen molar-refractivity contribution < 1.29 is 9.90 Å². The average molecular weight is 277 g/mol. The van der Waals surface area contributed by atoms with E-state index >= 15 is 0 Å². The van der Waals surface area contributed by atoms with E-state index in [0.717, 1.165) is 31.5 Å². The zero-order valence-electron chi connectivity index (χ0n) is 11.9. The van der Waals surface area contributed by atoms with Crippen LogP contribution in [-0.2, 0) is 4.79 Å². The normalized spacial score (nSPS) is 18.7. The molecule has 1 heterocycles. The number of nitrogens with one attached hydrogen (secondary N) is 1. The number of carbonyl (C=O) groups excluding carboxylic acids is 1. The van der Waals surface area contributed by atoms with E-state index in [9.17, 15) is 9.90 Å². The van der Waals surface area contributed by atoms with E-state index in [4.69, 9.17) is 5.73 Å². The van der Waals surface area contributed by atoms with Gasteiger partial charge in [0.2, 0.25) is 5.91 Å². The molecule has 4 N–H and O–H groups in total. The summed E-state index contributed by atoms with van der Waals surface area (Å²) in [5, 5.41) is 12.9. The smallest absolute Gasteiger partial charge is 0.222 e. The zero-order valence-corrected chi connectivity index (χ0v) is 11.9. The topological polar surface area (TPSA) is 78.6 Å². The molecule has 1 aliphatic rings. The first-order chi connectivity index (χ1) is 9.60. The maximum atomic E-state index is 11.6. The Balaban J connectivity index is 1.83. The number of anilines is 1. The monoisotopic (exact) mass is 277 g/mol. The van der Waals surface area contributed by atoms with Crippen molar-refractivity contribution in [2.24, 2.45) is 5.92 Å². The summed E-state index contributed by atoms with van der Waals surface area (Å²) >= 11 is 0. The first-order valence-electron chi connectivity index (χ1n) is 7.07. The number of aliphatic hydroxyl groups is 1. The Morgan fingerprint density at radius 1 is 1.40 bits per heavy atom. The standard InChI is InChI=1S/C15H23N3O2/c1-17-15(20)12-6-8-18(9-7-12)10-14(19)11-2-4-13(16)5-3-11/h2-5,12,14,19H,6-10,16H2,1H3,(H,17,20). The molecule has 5 nitrogen and oxygen atoms in total. The van der Waals surface area contributed by atoms with Gasteiger partial charge in [0.15, 0.2) is 0 Å². The third kappa shape index (κ3) is 3.71. The Bertz CT molecular complexity index is 439. The number of hydrogen-bond donors (Lipinski definition) is 3. The van der Waals surface area contributed by atoms with Crippen molar-refractivity contribution in [3.05, 3.63) is 29.8 Å². The van der Waals surface area contributed by atoms with Crippen molar-refractivity contribution in [3.8, 4) is 0 Å². The molecule has 0 aromatic heterocycles. The molecule has 5 heteroatoms. The highest BCUT2D eigenvalue weighted by atomic mass is 16.3. The number of aliphatic hydroxyl groups excluding tert-OH is 1. The summed E-state index contributed by atoms with van der Waals surface area (Å²) in [6.07, 6.45) is 1.20. The number of nitrogens with two attached hydrogens (primary N) is 1. The van der Waals surface area contributed by atoms with E-state index in [1.165, 1.54) is 0 Å². The molecule has 1 amide bonds. The number of nitrogens with zero attached hydrogens (tertiary/aromatic N) is 1. The van der Waals surface area contributed by atoms with Gasteiger partial charge in [0.1, 0.15) is 0 Å². The highest BCUT2D eigenvalue weighted by Crippen LogP contribution is 2.21. The van der Waals surface area contributed by atoms with Crippen LogP contribution in [0.1, 0.15) is 24.5 Å². The number of amides is 1. The van der Waals surface area contributed by atoms with Gasteiger partial charge in [-0.15, -0.1) is 0 Å². The molecule has 0 bridgehead atoms. The molecule has 0 aliphatic carbocycles. The van der Waals surface area contributed by atoms with Crippen LogP contribution in [0.5, 0.6) is 0 Å². The van der Waals surface area contributed by atoms with Crippen LogP contribution in [0.25, 0.3) is 0 Å².